The van der Waals surface area contributed by atoms with Crippen molar-refractivity contribution in [1.82, 2.24) is 4.90 Å². The summed E-state index contributed by atoms with van der Waals surface area (Å²) in [6.07, 6.45) is 0.0505. The first-order valence-corrected chi connectivity index (χ1v) is 13.2. The molecule has 5 rings (SSSR count). The molecule has 11 heteroatoms. The summed E-state index contributed by atoms with van der Waals surface area (Å²) in [4.78, 5) is 83.4. The number of hydrogen-bond acceptors (Lipinski definition) is 10. The number of nitrogens with zero attached hydrogens (tertiary/aromatic N) is 2. The Balaban J connectivity index is 1.68. The Labute approximate surface area is 235 Å². The summed E-state index contributed by atoms with van der Waals surface area (Å²) in [7, 11) is 6.49. The number of carbonyl (C=O) groups excluding carboxylic acids is 6. The molecule has 3 aliphatic carbocycles. The number of primary amides is 1. The zero-order valence-electron chi connectivity index (χ0n) is 23.1. The van der Waals surface area contributed by atoms with Crippen molar-refractivity contribution < 1.29 is 39.0 Å². The van der Waals surface area contributed by atoms with Gasteiger partial charge < -0.3 is 20.8 Å². The molecule has 1 amide bonds. The van der Waals surface area contributed by atoms with E-state index in [0.29, 0.717) is 11.3 Å². The lowest BCUT2D eigenvalue weighted by Gasteiger charge is -2.52. The molecule has 0 aliphatic heterocycles. The predicted octanol–water partition coefficient (Wildman–Crippen LogP) is 0.164. The van der Waals surface area contributed by atoms with Crippen molar-refractivity contribution in [3.63, 3.8) is 0 Å². The summed E-state index contributed by atoms with van der Waals surface area (Å²) in [6.45, 7) is 0. The molecule has 2 aromatic rings. The molecule has 11 nitrogen and oxygen atoms in total. The molecule has 0 heterocycles. The number of hydrogen-bond donors (Lipinski definition) is 3. The fourth-order valence-electron chi connectivity index (χ4n) is 6.97. The third-order valence-corrected chi connectivity index (χ3v) is 8.80. The third kappa shape index (κ3) is 3.94. The standard InChI is InChI=1S/C30H31N3O8/c1-32(2)18-12-16(23(34)13-8-6-5-7-9-13)24(35)20-15(18)10-14-11-17-22(33(3)4)26(37)21(29(31)40)28(39)30(17,41)27(38)19(14)25(20)36/h5-9,12,14,17,19,21-22,35,41H,10-11H2,1-4H3,(H2,31,40)/t14-,17-,19?,21?,22-,30-/m0/s1. The Bertz CT molecular complexity index is 1530. The number of benzene rings is 2. The van der Waals surface area contributed by atoms with E-state index in [0.717, 1.165) is 0 Å². The van der Waals surface area contributed by atoms with Gasteiger partial charge in [0.05, 0.1) is 23.1 Å². The second-order valence-electron chi connectivity index (χ2n) is 11.5. The molecule has 214 valence electrons. The third-order valence-electron chi connectivity index (χ3n) is 8.80. The molecular weight excluding hydrogens is 530 g/mol. The van der Waals surface area contributed by atoms with Crippen molar-refractivity contribution in [2.24, 2.45) is 29.4 Å². The van der Waals surface area contributed by atoms with E-state index in [1.165, 1.54) is 25.1 Å². The monoisotopic (exact) mass is 561 g/mol. The first-order valence-electron chi connectivity index (χ1n) is 13.2. The lowest BCUT2D eigenvalue weighted by atomic mass is 9.52. The highest BCUT2D eigenvalue weighted by Crippen LogP contribution is 2.52. The van der Waals surface area contributed by atoms with Crippen LogP contribution in [-0.4, -0.2) is 89.8 Å². The van der Waals surface area contributed by atoms with E-state index in [4.69, 9.17) is 5.73 Å². The number of Topliss-reactive ketones (excluding diaryl/α,β-unsaturated/α-hetero) is 4. The van der Waals surface area contributed by atoms with Crippen LogP contribution in [0.1, 0.15) is 38.3 Å². The van der Waals surface area contributed by atoms with Gasteiger partial charge in [-0.15, -0.1) is 0 Å². The van der Waals surface area contributed by atoms with Crippen molar-refractivity contribution >= 4 is 40.5 Å². The maximum absolute atomic E-state index is 14.1. The Morgan fingerprint density at radius 3 is 2.20 bits per heavy atom. The number of ketones is 5. The van der Waals surface area contributed by atoms with Crippen molar-refractivity contribution in [1.29, 1.82) is 0 Å². The minimum Gasteiger partial charge on any atom is -0.506 e. The van der Waals surface area contributed by atoms with Crippen LogP contribution >= 0.6 is 0 Å². The molecule has 0 radical (unpaired) electrons. The Morgan fingerprint density at radius 1 is 1.00 bits per heavy atom. The van der Waals surface area contributed by atoms with Crippen LogP contribution in [0.3, 0.4) is 0 Å². The number of phenolic OH excluding ortho intramolecular Hbond substituents is 1. The van der Waals surface area contributed by atoms with Gasteiger partial charge in [0.25, 0.3) is 0 Å². The van der Waals surface area contributed by atoms with Crippen molar-refractivity contribution in [2.45, 2.75) is 24.5 Å². The highest BCUT2D eigenvalue weighted by molar-refractivity contribution is 6.32. The summed E-state index contributed by atoms with van der Waals surface area (Å²) in [5, 5.41) is 23.0. The van der Waals surface area contributed by atoms with Gasteiger partial charge in [0.2, 0.25) is 5.91 Å². The molecule has 2 unspecified atom stereocenters. The van der Waals surface area contributed by atoms with Crippen LogP contribution in [0.5, 0.6) is 5.75 Å². The van der Waals surface area contributed by atoms with Crippen LogP contribution in [0.4, 0.5) is 5.69 Å². The van der Waals surface area contributed by atoms with Gasteiger partial charge in [0.1, 0.15) is 5.75 Å². The number of rotatable bonds is 5. The minimum absolute atomic E-state index is 0.0534. The molecule has 2 aromatic carbocycles. The Kier molecular flexibility index (Phi) is 6.70. The van der Waals surface area contributed by atoms with Gasteiger partial charge in [0, 0.05) is 31.3 Å². The number of anilines is 1. The van der Waals surface area contributed by atoms with Crippen LogP contribution in [-0.2, 0) is 25.6 Å². The van der Waals surface area contributed by atoms with Gasteiger partial charge in [-0.25, -0.2) is 0 Å². The average molecular weight is 562 g/mol. The molecule has 41 heavy (non-hydrogen) atoms. The fraction of sp³-hybridized carbons (Fsp3) is 0.400. The SMILES string of the molecule is CN(C)c1cc(C(=O)c2ccccc2)c(O)c2c1C[C@H]1C[C@H]3[C@H](N(C)C)C(=O)C(C(N)=O)C(=O)[C@@]3(O)C(=O)C1C2=O. The van der Waals surface area contributed by atoms with Gasteiger partial charge in [-0.05, 0) is 44.5 Å². The molecule has 3 aliphatic rings. The average Bonchev–Trinajstić information content (AvgIpc) is 2.90. The molecular formula is C30H31N3O8. The largest absolute Gasteiger partial charge is 0.506 e. The topological polar surface area (TPSA) is 175 Å². The maximum atomic E-state index is 14.1. The normalized spacial score (nSPS) is 29.1. The number of likely N-dealkylation sites (N-methyl/N-ethyl adjacent to an activating group) is 1. The lowest BCUT2D eigenvalue weighted by molar-refractivity contribution is -0.181. The fourth-order valence-corrected chi connectivity index (χ4v) is 6.97. The van der Waals surface area contributed by atoms with E-state index in [1.54, 1.807) is 49.3 Å². The molecule has 0 aromatic heterocycles. The number of carbonyl (C=O) groups is 6. The maximum Gasteiger partial charge on any atom is 0.235 e. The molecule has 6 atom stereocenters. The van der Waals surface area contributed by atoms with Gasteiger partial charge in [-0.3, -0.25) is 33.7 Å². The molecule has 2 saturated carbocycles. The van der Waals surface area contributed by atoms with Gasteiger partial charge >= 0.3 is 0 Å². The number of aromatic hydroxyl groups is 1. The summed E-state index contributed by atoms with van der Waals surface area (Å²) in [5.74, 6) is -12.0. The molecule has 0 saturated heterocycles. The van der Waals surface area contributed by atoms with Crippen molar-refractivity contribution in [3.05, 3.63) is 58.7 Å². The molecule has 2 fully saturated rings. The summed E-state index contributed by atoms with van der Waals surface area (Å²) in [5.41, 5.74) is 3.39. The van der Waals surface area contributed by atoms with Crippen LogP contribution < -0.4 is 10.6 Å². The zero-order valence-corrected chi connectivity index (χ0v) is 23.1. The summed E-state index contributed by atoms with van der Waals surface area (Å²) < 4.78 is 0. The van der Waals surface area contributed by atoms with Crippen LogP contribution in [0, 0.1) is 23.7 Å². The molecule has 0 spiro atoms. The number of fused-ring (bicyclic) bond motifs is 3. The van der Waals surface area contributed by atoms with E-state index in [1.807, 2.05) is 0 Å². The Morgan fingerprint density at radius 2 is 1.63 bits per heavy atom. The highest BCUT2D eigenvalue weighted by Gasteiger charge is 2.69. The van der Waals surface area contributed by atoms with Crippen LogP contribution in [0.15, 0.2) is 36.4 Å². The van der Waals surface area contributed by atoms with E-state index >= 15 is 0 Å². The van der Waals surface area contributed by atoms with Crippen LogP contribution in [0.2, 0.25) is 0 Å². The lowest BCUT2D eigenvalue weighted by Crippen LogP contribution is -2.74. The molecule has 0 bridgehead atoms. The van der Waals surface area contributed by atoms with E-state index in [9.17, 15) is 39.0 Å². The van der Waals surface area contributed by atoms with Crippen LogP contribution in [0.25, 0.3) is 0 Å². The first-order chi connectivity index (χ1) is 19.2. The summed E-state index contributed by atoms with van der Waals surface area (Å²) in [6, 6.07) is 8.53. The van der Waals surface area contributed by atoms with E-state index in [2.05, 4.69) is 0 Å². The van der Waals surface area contributed by atoms with E-state index in [-0.39, 0.29) is 29.5 Å². The second-order valence-corrected chi connectivity index (χ2v) is 11.5. The van der Waals surface area contributed by atoms with Crippen molar-refractivity contribution in [3.8, 4) is 5.75 Å². The number of amides is 1. The van der Waals surface area contributed by atoms with Gasteiger partial charge in [-0.2, -0.15) is 0 Å². The number of phenols is 1. The van der Waals surface area contributed by atoms with Crippen molar-refractivity contribution in [2.75, 3.05) is 33.1 Å². The molecule has 4 N–H and O–H groups in total. The Hall–Kier alpha value is -4.22. The highest BCUT2D eigenvalue weighted by atomic mass is 16.3. The number of aliphatic hydroxyl groups is 1. The van der Waals surface area contributed by atoms with Gasteiger partial charge in [0.15, 0.2) is 40.4 Å². The zero-order chi connectivity index (χ0) is 30.1. The number of nitrogens with two attached hydrogens (primary N) is 1. The minimum atomic E-state index is -2.81. The van der Waals surface area contributed by atoms with Gasteiger partial charge in [-0.1, -0.05) is 30.3 Å². The first kappa shape index (κ1) is 28.3. The second kappa shape index (κ2) is 9.71. The smallest absolute Gasteiger partial charge is 0.235 e. The van der Waals surface area contributed by atoms with E-state index < -0.39 is 75.9 Å². The predicted molar refractivity (Wildman–Crippen MR) is 146 cm³/mol. The summed E-state index contributed by atoms with van der Waals surface area (Å²) >= 11 is 0. The quantitative estimate of drug-likeness (QED) is 0.337.